The summed E-state index contributed by atoms with van der Waals surface area (Å²) >= 11 is 0. The highest BCUT2D eigenvalue weighted by Crippen LogP contribution is 2.29. The van der Waals surface area contributed by atoms with Crippen molar-refractivity contribution in [2.75, 3.05) is 13.7 Å². The van der Waals surface area contributed by atoms with Gasteiger partial charge in [-0.3, -0.25) is 4.79 Å². The van der Waals surface area contributed by atoms with Gasteiger partial charge >= 0.3 is 5.97 Å². The number of hydrogen-bond acceptors (Lipinski definition) is 3. The van der Waals surface area contributed by atoms with Crippen LogP contribution in [0.2, 0.25) is 0 Å². The van der Waals surface area contributed by atoms with Crippen LogP contribution in [0.1, 0.15) is 38.5 Å². The second-order valence-electron chi connectivity index (χ2n) is 7.22. The SMILES string of the molecule is COc1ccc2cc(-c3cccc(OCCCCCCCC(=O)O)c3)ccc2c1. The van der Waals surface area contributed by atoms with Crippen molar-refractivity contribution in [1.29, 1.82) is 0 Å². The lowest BCUT2D eigenvalue weighted by Gasteiger charge is -2.09. The Morgan fingerprint density at radius 3 is 2.34 bits per heavy atom. The fraction of sp³-hybridized carbons (Fsp3) is 0.320. The van der Waals surface area contributed by atoms with Gasteiger partial charge < -0.3 is 14.6 Å². The first-order valence-corrected chi connectivity index (χ1v) is 10.2. The van der Waals surface area contributed by atoms with Crippen LogP contribution in [0.3, 0.4) is 0 Å². The Hall–Kier alpha value is -3.01. The van der Waals surface area contributed by atoms with Gasteiger partial charge in [-0.15, -0.1) is 0 Å². The third-order valence-corrected chi connectivity index (χ3v) is 5.02. The van der Waals surface area contributed by atoms with Crippen molar-refractivity contribution < 1.29 is 19.4 Å². The fourth-order valence-electron chi connectivity index (χ4n) is 3.39. The molecule has 0 aromatic heterocycles. The lowest BCUT2D eigenvalue weighted by molar-refractivity contribution is -0.137. The molecule has 0 bridgehead atoms. The van der Waals surface area contributed by atoms with Crippen molar-refractivity contribution in [3.8, 4) is 22.6 Å². The largest absolute Gasteiger partial charge is 0.497 e. The minimum absolute atomic E-state index is 0.269. The molecular weight excluding hydrogens is 364 g/mol. The summed E-state index contributed by atoms with van der Waals surface area (Å²) in [5.74, 6) is 1.03. The molecule has 0 aliphatic heterocycles. The number of benzene rings is 3. The van der Waals surface area contributed by atoms with E-state index in [-0.39, 0.29) is 6.42 Å². The Kier molecular flexibility index (Phi) is 7.51. The van der Waals surface area contributed by atoms with Gasteiger partial charge in [-0.05, 0) is 65.1 Å². The summed E-state index contributed by atoms with van der Waals surface area (Å²) in [6, 6.07) is 20.7. The molecule has 152 valence electrons. The average molecular weight is 392 g/mol. The first-order valence-electron chi connectivity index (χ1n) is 10.2. The highest BCUT2D eigenvalue weighted by Gasteiger charge is 2.04. The van der Waals surface area contributed by atoms with E-state index in [2.05, 4.69) is 36.4 Å². The first-order chi connectivity index (χ1) is 14.2. The number of ether oxygens (including phenoxy) is 2. The van der Waals surface area contributed by atoms with E-state index in [1.54, 1.807) is 7.11 Å². The van der Waals surface area contributed by atoms with Crippen molar-refractivity contribution in [3.05, 3.63) is 60.7 Å². The third kappa shape index (κ3) is 6.24. The Labute approximate surface area is 172 Å². The van der Waals surface area contributed by atoms with Gasteiger partial charge in [0.2, 0.25) is 0 Å². The molecule has 0 spiro atoms. The van der Waals surface area contributed by atoms with E-state index in [9.17, 15) is 4.79 Å². The Morgan fingerprint density at radius 2 is 1.52 bits per heavy atom. The molecule has 0 saturated heterocycles. The van der Waals surface area contributed by atoms with Crippen LogP contribution in [-0.2, 0) is 4.79 Å². The van der Waals surface area contributed by atoms with Gasteiger partial charge in [-0.25, -0.2) is 0 Å². The summed E-state index contributed by atoms with van der Waals surface area (Å²) in [6.45, 7) is 0.680. The molecule has 29 heavy (non-hydrogen) atoms. The minimum atomic E-state index is -0.709. The smallest absolute Gasteiger partial charge is 0.303 e. The van der Waals surface area contributed by atoms with E-state index in [1.807, 2.05) is 24.3 Å². The van der Waals surface area contributed by atoms with Crippen molar-refractivity contribution in [2.24, 2.45) is 0 Å². The van der Waals surface area contributed by atoms with Crippen LogP contribution in [0.5, 0.6) is 11.5 Å². The van der Waals surface area contributed by atoms with Crippen molar-refractivity contribution in [2.45, 2.75) is 38.5 Å². The number of methoxy groups -OCH3 is 1. The number of carboxylic acids is 1. The van der Waals surface area contributed by atoms with Gasteiger partial charge in [0.15, 0.2) is 0 Å². The number of unbranched alkanes of at least 4 members (excludes halogenated alkanes) is 4. The molecule has 0 aliphatic carbocycles. The van der Waals surface area contributed by atoms with Crippen LogP contribution in [0, 0.1) is 0 Å². The van der Waals surface area contributed by atoms with Gasteiger partial charge in [-0.1, -0.05) is 49.6 Å². The second-order valence-corrected chi connectivity index (χ2v) is 7.22. The normalized spacial score (nSPS) is 10.8. The fourth-order valence-corrected chi connectivity index (χ4v) is 3.39. The predicted molar refractivity (Wildman–Crippen MR) is 117 cm³/mol. The Morgan fingerprint density at radius 1 is 0.793 bits per heavy atom. The van der Waals surface area contributed by atoms with E-state index in [4.69, 9.17) is 14.6 Å². The molecule has 0 unspecified atom stereocenters. The number of fused-ring (bicyclic) bond motifs is 1. The van der Waals surface area contributed by atoms with Crippen LogP contribution >= 0.6 is 0 Å². The molecule has 0 aliphatic rings. The van der Waals surface area contributed by atoms with E-state index >= 15 is 0 Å². The minimum Gasteiger partial charge on any atom is -0.497 e. The van der Waals surface area contributed by atoms with Crippen LogP contribution in [0.15, 0.2) is 60.7 Å². The highest BCUT2D eigenvalue weighted by molar-refractivity contribution is 5.88. The number of carboxylic acid groups (broad SMARTS) is 1. The maximum absolute atomic E-state index is 10.5. The Balaban J connectivity index is 1.53. The quantitative estimate of drug-likeness (QED) is 0.388. The molecule has 0 fully saturated rings. The maximum atomic E-state index is 10.5. The van der Waals surface area contributed by atoms with Gasteiger partial charge in [0, 0.05) is 6.42 Å². The zero-order valence-corrected chi connectivity index (χ0v) is 16.9. The molecule has 0 heterocycles. The molecule has 3 aromatic carbocycles. The van der Waals surface area contributed by atoms with E-state index in [0.29, 0.717) is 6.61 Å². The summed E-state index contributed by atoms with van der Waals surface area (Å²) < 4.78 is 11.2. The Bertz CT molecular complexity index is 948. The average Bonchev–Trinajstić information content (AvgIpc) is 2.74. The number of carbonyl (C=O) groups is 1. The highest BCUT2D eigenvalue weighted by atomic mass is 16.5. The van der Waals surface area contributed by atoms with E-state index in [1.165, 1.54) is 5.39 Å². The monoisotopic (exact) mass is 392 g/mol. The summed E-state index contributed by atoms with van der Waals surface area (Å²) in [5, 5.41) is 11.0. The predicted octanol–water partition coefficient (Wildman–Crippen LogP) is 6.32. The van der Waals surface area contributed by atoms with Crippen LogP contribution < -0.4 is 9.47 Å². The van der Waals surface area contributed by atoms with Crippen LogP contribution in [0.25, 0.3) is 21.9 Å². The van der Waals surface area contributed by atoms with Gasteiger partial charge in [0.25, 0.3) is 0 Å². The molecule has 1 N–H and O–H groups in total. The lowest BCUT2D eigenvalue weighted by Crippen LogP contribution is -1.98. The molecule has 3 rings (SSSR count). The molecular formula is C25H28O4. The second kappa shape index (κ2) is 10.5. The molecule has 0 saturated carbocycles. The van der Waals surface area contributed by atoms with Crippen LogP contribution in [0.4, 0.5) is 0 Å². The van der Waals surface area contributed by atoms with Gasteiger partial charge in [-0.2, -0.15) is 0 Å². The number of aliphatic carboxylic acids is 1. The topological polar surface area (TPSA) is 55.8 Å². The molecule has 0 amide bonds. The van der Waals surface area contributed by atoms with Crippen LogP contribution in [-0.4, -0.2) is 24.8 Å². The molecule has 0 radical (unpaired) electrons. The number of rotatable bonds is 11. The van der Waals surface area contributed by atoms with Gasteiger partial charge in [0.1, 0.15) is 11.5 Å². The van der Waals surface area contributed by atoms with Gasteiger partial charge in [0.05, 0.1) is 13.7 Å². The van der Waals surface area contributed by atoms with E-state index in [0.717, 1.165) is 60.1 Å². The molecule has 0 atom stereocenters. The lowest BCUT2D eigenvalue weighted by atomic mass is 10.0. The molecule has 4 heteroatoms. The maximum Gasteiger partial charge on any atom is 0.303 e. The van der Waals surface area contributed by atoms with Crippen molar-refractivity contribution >= 4 is 16.7 Å². The summed E-state index contributed by atoms with van der Waals surface area (Å²) in [7, 11) is 1.68. The van der Waals surface area contributed by atoms with Crippen molar-refractivity contribution in [3.63, 3.8) is 0 Å². The third-order valence-electron chi connectivity index (χ3n) is 5.02. The van der Waals surface area contributed by atoms with Crippen molar-refractivity contribution in [1.82, 2.24) is 0 Å². The summed E-state index contributed by atoms with van der Waals surface area (Å²) in [5.41, 5.74) is 2.29. The van der Waals surface area contributed by atoms with E-state index < -0.39 is 5.97 Å². The standard InChI is InChI=1S/C25H28O4/c1-28-23-14-13-21-16-20(11-12-22(21)17-23)19-8-7-9-24(18-19)29-15-6-4-2-3-5-10-25(26)27/h7-9,11-14,16-18H,2-6,10,15H2,1H3,(H,26,27). The number of hydrogen-bond donors (Lipinski definition) is 1. The molecule has 3 aromatic rings. The zero-order valence-electron chi connectivity index (χ0n) is 16.9. The summed E-state index contributed by atoms with van der Waals surface area (Å²) in [6.07, 6.45) is 5.10. The first kappa shape index (κ1) is 20.7. The molecule has 4 nitrogen and oxygen atoms in total. The zero-order chi connectivity index (χ0) is 20.5. The summed E-state index contributed by atoms with van der Waals surface area (Å²) in [4.78, 5) is 10.5.